The van der Waals surface area contributed by atoms with Crippen molar-refractivity contribution >= 4 is 47.9 Å². The SMILES string of the molecule is O=[SH](=O)Cl.[PbH2]. The Kier molecular flexibility index (Phi) is 9.79. The summed E-state index contributed by atoms with van der Waals surface area (Å²) in [5.74, 6) is 0. The summed E-state index contributed by atoms with van der Waals surface area (Å²) < 4.78 is 17.6. The predicted octanol–water partition coefficient (Wildman–Crippen LogP) is -1.16. The van der Waals surface area contributed by atoms with Gasteiger partial charge in [-0.2, -0.15) is 0 Å². The van der Waals surface area contributed by atoms with E-state index in [4.69, 9.17) is 8.42 Å². The second-order valence-electron chi connectivity index (χ2n) is 0.213. The third kappa shape index (κ3) is 38.2. The van der Waals surface area contributed by atoms with Gasteiger partial charge in [0.25, 0.3) is 0 Å². The molecule has 0 aliphatic rings. The third-order valence-corrected chi connectivity index (χ3v) is 0. The third-order valence-electron chi connectivity index (χ3n) is 0. The van der Waals surface area contributed by atoms with Gasteiger partial charge in [-0.25, -0.2) is 8.42 Å². The van der Waals surface area contributed by atoms with Gasteiger partial charge in [-0.3, -0.25) is 0 Å². The normalized spacial score (nSPS) is 6.80. The van der Waals surface area contributed by atoms with Crippen molar-refractivity contribution in [2.24, 2.45) is 0 Å². The molecule has 0 rings (SSSR count). The molecule has 0 unspecified atom stereocenters. The van der Waals surface area contributed by atoms with Gasteiger partial charge < -0.3 is 0 Å². The Labute approximate surface area is 56.1 Å². The number of hydrogen-bond donors (Lipinski definition) is 1. The summed E-state index contributed by atoms with van der Waals surface area (Å²) in [5, 5.41) is 0. The van der Waals surface area contributed by atoms with E-state index in [9.17, 15) is 0 Å². The summed E-state index contributed by atoms with van der Waals surface area (Å²) in [6.45, 7) is 0. The van der Waals surface area contributed by atoms with Gasteiger partial charge in [0.05, 0.1) is 0 Å². The van der Waals surface area contributed by atoms with Crippen molar-refractivity contribution in [3.63, 3.8) is 0 Å². The molecule has 0 saturated heterocycles. The summed E-state index contributed by atoms with van der Waals surface area (Å²) in [7, 11) is 1.58. The molecule has 0 spiro atoms. The van der Waals surface area contributed by atoms with E-state index in [1.54, 1.807) is 0 Å². The number of thiol groups is 1. The Bertz CT molecular complexity index is 58.0. The Balaban J connectivity index is 0. The first kappa shape index (κ1) is 9.48. The van der Waals surface area contributed by atoms with E-state index in [1.807, 2.05) is 0 Å². The molecule has 0 aromatic rings. The molecule has 0 bridgehead atoms. The van der Waals surface area contributed by atoms with Crippen LogP contribution in [0.2, 0.25) is 0 Å². The fourth-order valence-electron chi connectivity index (χ4n) is 0. The molecule has 0 aliphatic heterocycles. The Hall–Kier alpha value is 1.16. The standard InChI is InChI=1S/ClHO2S.Pb.2H/c1-4(2)3;;;/h4H;;;. The molecule has 0 heterocycles. The van der Waals surface area contributed by atoms with E-state index < -0.39 is 9.92 Å². The van der Waals surface area contributed by atoms with Gasteiger partial charge in [-0.05, 0) is 0 Å². The number of rotatable bonds is 0. The Morgan fingerprint density at radius 1 is 1.40 bits per heavy atom. The fourth-order valence-corrected chi connectivity index (χ4v) is 0. The molecule has 0 aliphatic carbocycles. The van der Waals surface area contributed by atoms with E-state index in [0.29, 0.717) is 0 Å². The van der Waals surface area contributed by atoms with Gasteiger partial charge in [0.1, 0.15) is 0 Å². The molecular weight excluding hydrogens is 307 g/mol. The first-order valence-corrected chi connectivity index (χ1v) is 2.62. The number of hydrogen-bond acceptors (Lipinski definition) is 2. The van der Waals surface area contributed by atoms with Crippen molar-refractivity contribution < 1.29 is 8.42 Å². The van der Waals surface area contributed by atoms with Crippen LogP contribution in [0.15, 0.2) is 0 Å². The van der Waals surface area contributed by atoms with E-state index in [2.05, 4.69) is 10.7 Å². The molecule has 2 radical (unpaired) electrons. The second kappa shape index (κ2) is 5.16. The zero-order valence-corrected chi connectivity index (χ0v) is 9.50. The summed E-state index contributed by atoms with van der Waals surface area (Å²) in [6.07, 6.45) is 0. The molecular formula is H3ClO2PbS. The Morgan fingerprint density at radius 2 is 1.40 bits per heavy atom. The predicted molar refractivity (Wildman–Crippen MR) is 24.7 cm³/mol. The van der Waals surface area contributed by atoms with Gasteiger partial charge in [0, 0.05) is 10.7 Å². The van der Waals surface area contributed by atoms with Crippen LogP contribution in [0.1, 0.15) is 0 Å². The van der Waals surface area contributed by atoms with Crippen LogP contribution < -0.4 is 0 Å². The van der Waals surface area contributed by atoms with E-state index in [-0.39, 0.29) is 27.3 Å². The topological polar surface area (TPSA) is 34.1 Å². The summed E-state index contributed by atoms with van der Waals surface area (Å²) in [5.41, 5.74) is 0. The van der Waals surface area contributed by atoms with Crippen molar-refractivity contribution in [2.75, 3.05) is 0 Å². The quantitative estimate of drug-likeness (QED) is 0.348. The van der Waals surface area contributed by atoms with Gasteiger partial charge in [-0.1, -0.05) is 0 Å². The van der Waals surface area contributed by atoms with Crippen molar-refractivity contribution in [1.29, 1.82) is 0 Å². The van der Waals surface area contributed by atoms with Gasteiger partial charge >= 0.3 is 27.3 Å². The monoisotopic (exact) mass is 310 g/mol. The molecule has 0 saturated carbocycles. The van der Waals surface area contributed by atoms with Crippen molar-refractivity contribution in [3.8, 4) is 0 Å². The first-order chi connectivity index (χ1) is 1.73. The average molecular weight is 310 g/mol. The molecule has 32 valence electrons. The second-order valence-corrected chi connectivity index (χ2v) is 1.47. The minimum atomic E-state index is -2.65. The summed E-state index contributed by atoms with van der Waals surface area (Å²) >= 11 is 0. The van der Waals surface area contributed by atoms with Crippen LogP contribution in [0, 0.1) is 0 Å². The molecule has 2 nitrogen and oxygen atoms in total. The molecule has 0 amide bonds. The van der Waals surface area contributed by atoms with Crippen LogP contribution in [-0.2, 0) is 9.92 Å². The van der Waals surface area contributed by atoms with E-state index in [0.717, 1.165) is 0 Å². The van der Waals surface area contributed by atoms with Crippen LogP contribution in [0.25, 0.3) is 0 Å². The van der Waals surface area contributed by atoms with Crippen molar-refractivity contribution in [3.05, 3.63) is 0 Å². The van der Waals surface area contributed by atoms with Gasteiger partial charge in [0.2, 0.25) is 9.92 Å². The van der Waals surface area contributed by atoms with Crippen LogP contribution in [0.3, 0.4) is 0 Å². The summed E-state index contributed by atoms with van der Waals surface area (Å²) in [6, 6.07) is 0. The molecule has 5 heavy (non-hydrogen) atoms. The number of halogens is 1. The molecule has 0 aromatic carbocycles. The molecule has 0 N–H and O–H groups in total. The van der Waals surface area contributed by atoms with Crippen molar-refractivity contribution in [2.45, 2.75) is 0 Å². The molecule has 0 aromatic heterocycles. The van der Waals surface area contributed by atoms with Gasteiger partial charge in [0.15, 0.2) is 0 Å². The van der Waals surface area contributed by atoms with Crippen LogP contribution in [0.4, 0.5) is 0 Å². The van der Waals surface area contributed by atoms with E-state index >= 15 is 0 Å². The van der Waals surface area contributed by atoms with Crippen LogP contribution in [-0.4, -0.2) is 35.7 Å². The average Bonchev–Trinajstić information content (AvgIpc) is 0.811. The van der Waals surface area contributed by atoms with Crippen molar-refractivity contribution in [1.82, 2.24) is 0 Å². The van der Waals surface area contributed by atoms with Crippen LogP contribution in [0.5, 0.6) is 0 Å². The molecule has 0 fully saturated rings. The fraction of sp³-hybridized carbons (Fsp3) is 0. The maximum atomic E-state index is 8.80. The maximum absolute atomic E-state index is 8.80. The first-order valence-electron chi connectivity index (χ1n) is 0.534. The molecule has 5 heteroatoms. The zero-order valence-electron chi connectivity index (χ0n) is 2.35. The van der Waals surface area contributed by atoms with Crippen LogP contribution >= 0.6 is 10.7 Å². The molecule has 0 atom stereocenters. The zero-order chi connectivity index (χ0) is 3.58. The van der Waals surface area contributed by atoms with Gasteiger partial charge in [-0.15, -0.1) is 0 Å². The summed E-state index contributed by atoms with van der Waals surface area (Å²) in [4.78, 5) is 0. The minimum absolute atomic E-state index is 0. The Morgan fingerprint density at radius 3 is 1.40 bits per heavy atom. The van der Waals surface area contributed by atoms with E-state index in [1.165, 1.54) is 0 Å².